The van der Waals surface area contributed by atoms with Crippen molar-refractivity contribution in [1.29, 1.82) is 0 Å². The van der Waals surface area contributed by atoms with Gasteiger partial charge in [0.05, 0.1) is 23.2 Å². The van der Waals surface area contributed by atoms with Crippen molar-refractivity contribution in [3.63, 3.8) is 0 Å². The Bertz CT molecular complexity index is 1470. The van der Waals surface area contributed by atoms with E-state index in [1.54, 1.807) is 0 Å². The molecular formula is C34H44BrN5O3. The lowest BCUT2D eigenvalue weighted by Crippen LogP contribution is -2.47. The third-order valence-electron chi connectivity index (χ3n) is 9.78. The molecule has 1 aliphatic carbocycles. The van der Waals surface area contributed by atoms with E-state index in [-0.39, 0.29) is 17.7 Å². The molecule has 3 fully saturated rings. The Balaban J connectivity index is 0.969. The number of piperidine rings is 1. The highest BCUT2D eigenvalue weighted by atomic mass is 79.9. The van der Waals surface area contributed by atoms with E-state index in [1.165, 1.54) is 30.5 Å². The van der Waals surface area contributed by atoms with Crippen molar-refractivity contribution in [2.75, 3.05) is 37.6 Å². The first-order chi connectivity index (χ1) is 20.7. The number of hydrogen-bond donors (Lipinski definition) is 1. The molecule has 1 N–H and O–H groups in total. The zero-order chi connectivity index (χ0) is 30.1. The molecule has 0 radical (unpaired) electrons. The summed E-state index contributed by atoms with van der Waals surface area (Å²) < 4.78 is 9.37. The van der Waals surface area contributed by atoms with E-state index in [0.717, 1.165) is 78.3 Å². The second-order valence-electron chi connectivity index (χ2n) is 13.0. The van der Waals surface area contributed by atoms with E-state index in [9.17, 15) is 9.59 Å². The number of aromatic nitrogens is 2. The second kappa shape index (κ2) is 13.0. The number of carbonyl (C=O) groups is 2. The van der Waals surface area contributed by atoms with E-state index >= 15 is 0 Å². The lowest BCUT2D eigenvalue weighted by atomic mass is 9.82. The number of piperazine rings is 1. The van der Waals surface area contributed by atoms with Gasteiger partial charge in [-0.15, -0.1) is 0 Å². The number of hydrogen-bond acceptors (Lipinski definition) is 6. The number of nitrogens with zero attached hydrogens (tertiary/aromatic N) is 4. The number of amides is 2. The summed E-state index contributed by atoms with van der Waals surface area (Å²) in [6.07, 6.45) is 7.34. The molecule has 2 atom stereocenters. The van der Waals surface area contributed by atoms with Crippen LogP contribution in [-0.4, -0.2) is 65.3 Å². The number of anilines is 1. The van der Waals surface area contributed by atoms with E-state index in [2.05, 4.69) is 81.3 Å². The van der Waals surface area contributed by atoms with Crippen LogP contribution >= 0.6 is 15.9 Å². The van der Waals surface area contributed by atoms with Crippen molar-refractivity contribution in [3.05, 3.63) is 52.1 Å². The van der Waals surface area contributed by atoms with Gasteiger partial charge in [0.25, 0.3) is 0 Å². The van der Waals surface area contributed by atoms with Crippen molar-refractivity contribution in [2.45, 2.75) is 70.8 Å². The number of ether oxygens (including phenoxy) is 1. The number of benzene rings is 2. The van der Waals surface area contributed by atoms with Crippen molar-refractivity contribution in [2.24, 2.45) is 18.9 Å². The van der Waals surface area contributed by atoms with Crippen LogP contribution in [0.15, 0.2) is 40.9 Å². The molecule has 9 heteroatoms. The molecule has 8 nitrogen and oxygen atoms in total. The number of halogens is 1. The second-order valence-corrected chi connectivity index (χ2v) is 13.8. The lowest BCUT2D eigenvalue weighted by Gasteiger charge is -2.38. The van der Waals surface area contributed by atoms with Gasteiger partial charge in [-0.3, -0.25) is 24.5 Å². The SMILES string of the molecule is Cc1c(Br)cccc1OC1CCC(C[C@H](C)CN2CCN(c3ccc4c(C5CCC(=O)NC5=O)nn(C)c4c3)CC2)CC1. The van der Waals surface area contributed by atoms with Gasteiger partial charge in [0.15, 0.2) is 0 Å². The fourth-order valence-corrected chi connectivity index (χ4v) is 7.68. The number of nitrogens with one attached hydrogen (secondary N) is 1. The van der Waals surface area contributed by atoms with Crippen molar-refractivity contribution < 1.29 is 14.3 Å². The van der Waals surface area contributed by atoms with E-state index in [0.29, 0.717) is 24.9 Å². The molecule has 6 rings (SSSR count). The summed E-state index contributed by atoms with van der Waals surface area (Å²) in [7, 11) is 1.93. The average molecular weight is 651 g/mol. The van der Waals surface area contributed by atoms with Crippen molar-refractivity contribution in [3.8, 4) is 5.75 Å². The maximum atomic E-state index is 12.5. The topological polar surface area (TPSA) is 79.7 Å². The molecule has 1 aromatic heterocycles. The van der Waals surface area contributed by atoms with Crippen LogP contribution in [0.2, 0.25) is 0 Å². The highest BCUT2D eigenvalue weighted by molar-refractivity contribution is 9.10. The largest absolute Gasteiger partial charge is 0.490 e. The molecule has 3 aliphatic rings. The summed E-state index contributed by atoms with van der Waals surface area (Å²) in [5.41, 5.74) is 4.19. The highest BCUT2D eigenvalue weighted by Gasteiger charge is 2.32. The van der Waals surface area contributed by atoms with Crippen molar-refractivity contribution in [1.82, 2.24) is 20.0 Å². The molecule has 3 heterocycles. The molecule has 0 bridgehead atoms. The minimum atomic E-state index is -0.373. The Morgan fingerprint density at radius 2 is 1.81 bits per heavy atom. The van der Waals surface area contributed by atoms with E-state index < -0.39 is 0 Å². The molecular weight excluding hydrogens is 606 g/mol. The molecule has 2 saturated heterocycles. The summed E-state index contributed by atoms with van der Waals surface area (Å²) in [6, 6.07) is 12.7. The van der Waals surface area contributed by atoms with Gasteiger partial charge in [-0.2, -0.15) is 5.10 Å². The van der Waals surface area contributed by atoms with Gasteiger partial charge >= 0.3 is 0 Å². The molecule has 230 valence electrons. The number of carbonyl (C=O) groups excluding carboxylic acids is 2. The Hall–Kier alpha value is -2.91. The van der Waals surface area contributed by atoms with Gasteiger partial charge in [-0.1, -0.05) is 28.9 Å². The quantitative estimate of drug-likeness (QED) is 0.304. The first-order valence-electron chi connectivity index (χ1n) is 15.9. The Morgan fingerprint density at radius 1 is 1.05 bits per heavy atom. The summed E-state index contributed by atoms with van der Waals surface area (Å²) in [5.74, 6) is 1.70. The first kappa shape index (κ1) is 30.1. The molecule has 3 aromatic rings. The van der Waals surface area contributed by atoms with Crippen LogP contribution in [0.4, 0.5) is 5.69 Å². The van der Waals surface area contributed by atoms with Gasteiger partial charge in [-0.25, -0.2) is 0 Å². The van der Waals surface area contributed by atoms with Crippen LogP contribution in [0.25, 0.3) is 10.9 Å². The maximum absolute atomic E-state index is 12.5. The summed E-state index contributed by atoms with van der Waals surface area (Å²) in [4.78, 5) is 29.2. The first-order valence-corrected chi connectivity index (χ1v) is 16.7. The Labute approximate surface area is 263 Å². The fraction of sp³-hybridized carbons (Fsp3) is 0.559. The van der Waals surface area contributed by atoms with Gasteiger partial charge in [0, 0.05) is 67.3 Å². The summed E-state index contributed by atoms with van der Waals surface area (Å²) >= 11 is 3.62. The predicted octanol–water partition coefficient (Wildman–Crippen LogP) is 5.95. The maximum Gasteiger partial charge on any atom is 0.235 e. The highest BCUT2D eigenvalue weighted by Crippen LogP contribution is 2.35. The van der Waals surface area contributed by atoms with Crippen LogP contribution in [-0.2, 0) is 16.6 Å². The number of imide groups is 1. The lowest BCUT2D eigenvalue weighted by molar-refractivity contribution is -0.134. The molecule has 2 aliphatic heterocycles. The minimum absolute atomic E-state index is 0.196. The predicted molar refractivity (Wildman–Crippen MR) is 174 cm³/mol. The van der Waals surface area contributed by atoms with Crippen LogP contribution in [0.5, 0.6) is 5.75 Å². The standard InChI is InChI=1S/C34H44BrN5O3/c1-22(19-24-7-10-26(11-8-24)43-31-6-4-5-29(35)23(31)2)21-39-15-17-40(18-16-39)25-9-12-27-30(20-25)38(3)37-33(27)28-13-14-32(41)36-34(28)42/h4-6,9,12,20,22,24,26,28H,7-8,10-11,13-19,21H2,1-3H3,(H,36,41,42)/t22-,24?,26?,28?/m0/s1. The third-order valence-corrected chi connectivity index (χ3v) is 10.6. The normalized spacial score (nSPS) is 24.3. The molecule has 1 saturated carbocycles. The Kier molecular flexibility index (Phi) is 9.10. The van der Waals surface area contributed by atoms with Gasteiger partial charge in [-0.05, 0) is 87.6 Å². The van der Waals surface area contributed by atoms with E-state index in [1.807, 2.05) is 11.7 Å². The average Bonchev–Trinajstić information content (AvgIpc) is 3.32. The zero-order valence-electron chi connectivity index (χ0n) is 25.7. The van der Waals surface area contributed by atoms with E-state index in [4.69, 9.17) is 9.84 Å². The summed E-state index contributed by atoms with van der Waals surface area (Å²) in [6.45, 7) is 9.87. The Morgan fingerprint density at radius 3 is 2.56 bits per heavy atom. The van der Waals surface area contributed by atoms with Crippen LogP contribution in [0, 0.1) is 18.8 Å². The van der Waals surface area contributed by atoms with Crippen LogP contribution in [0.3, 0.4) is 0 Å². The zero-order valence-corrected chi connectivity index (χ0v) is 27.2. The molecule has 1 unspecified atom stereocenters. The molecule has 0 spiro atoms. The van der Waals surface area contributed by atoms with Crippen LogP contribution in [0.1, 0.15) is 69.0 Å². The number of aryl methyl sites for hydroxylation is 1. The minimum Gasteiger partial charge on any atom is -0.490 e. The number of fused-ring (bicyclic) bond motifs is 1. The molecule has 2 aromatic carbocycles. The molecule has 2 amide bonds. The van der Waals surface area contributed by atoms with Gasteiger partial charge in [0.1, 0.15) is 5.75 Å². The van der Waals surface area contributed by atoms with Crippen molar-refractivity contribution >= 4 is 44.3 Å². The van der Waals surface area contributed by atoms with Gasteiger partial charge in [0.2, 0.25) is 11.8 Å². The summed E-state index contributed by atoms with van der Waals surface area (Å²) in [5, 5.41) is 8.17. The third kappa shape index (κ3) is 6.78. The smallest absolute Gasteiger partial charge is 0.235 e. The molecule has 43 heavy (non-hydrogen) atoms. The number of rotatable bonds is 8. The monoisotopic (exact) mass is 649 g/mol. The van der Waals surface area contributed by atoms with Crippen LogP contribution < -0.4 is 15.0 Å². The van der Waals surface area contributed by atoms with Gasteiger partial charge < -0.3 is 9.64 Å². The fourth-order valence-electron chi connectivity index (χ4n) is 7.34.